The summed E-state index contributed by atoms with van der Waals surface area (Å²) in [6.07, 6.45) is 8.41. The topological polar surface area (TPSA) is 110 Å². The van der Waals surface area contributed by atoms with Gasteiger partial charge in [-0.2, -0.15) is 8.42 Å². The van der Waals surface area contributed by atoms with Gasteiger partial charge in [-0.1, -0.05) is 42.0 Å². The lowest BCUT2D eigenvalue weighted by Gasteiger charge is -2.22. The number of allylic oxidation sites excluding steroid dienone is 2. The normalized spacial score (nSPS) is 23.0. The first kappa shape index (κ1) is 29.8. The molecule has 0 saturated heterocycles. The number of aryl methyl sites for hydroxylation is 1. The van der Waals surface area contributed by atoms with Crippen LogP contribution in [0.3, 0.4) is 0 Å². The number of hydrogen-bond acceptors (Lipinski definition) is 7. The molecular weight excluding hydrogens is 480 g/mol. The van der Waals surface area contributed by atoms with Crippen LogP contribution in [0.4, 0.5) is 0 Å². The Morgan fingerprint density at radius 1 is 1.25 bits per heavy atom. The third-order valence-electron chi connectivity index (χ3n) is 6.30. The molecule has 7 nitrogen and oxygen atoms in total. The molecule has 1 aliphatic rings. The zero-order valence-corrected chi connectivity index (χ0v) is 22.1. The van der Waals surface area contributed by atoms with Crippen LogP contribution in [0.25, 0.3) is 0 Å². The van der Waals surface area contributed by atoms with Crippen LogP contribution in [0, 0.1) is 30.6 Å². The standard InChI is InChI=1S/C28H38O7S/c1-4-5-8-11-22(29)16-19-24-25(12-9-6-7-10-13-28(31)34-3)27(20-26(24)30)35-36(32,33)23-17-14-21(2)15-18-23/h6,9,14-19,22,24-27,29-30H,7-8,10-13,20H2,1-3H3/b9-6-,19-16+/t22-,24+,25+,26+,27+/m0/s1. The van der Waals surface area contributed by atoms with Crippen LogP contribution in [0.15, 0.2) is 53.5 Å². The zero-order chi connectivity index (χ0) is 26.6. The van der Waals surface area contributed by atoms with Crippen LogP contribution in [-0.4, -0.2) is 50.0 Å². The Kier molecular flexibility index (Phi) is 12.4. The van der Waals surface area contributed by atoms with Crippen molar-refractivity contribution in [2.45, 2.75) is 82.0 Å². The highest BCUT2D eigenvalue weighted by Crippen LogP contribution is 2.39. The summed E-state index contributed by atoms with van der Waals surface area (Å²) < 4.78 is 36.2. The molecule has 0 aromatic heterocycles. The summed E-state index contributed by atoms with van der Waals surface area (Å²) in [4.78, 5) is 11.3. The maximum Gasteiger partial charge on any atom is 0.305 e. The maximum absolute atomic E-state index is 12.9. The first-order chi connectivity index (χ1) is 17.2. The van der Waals surface area contributed by atoms with Gasteiger partial charge >= 0.3 is 5.97 Å². The molecule has 0 amide bonds. The second kappa shape index (κ2) is 15.0. The second-order valence-electron chi connectivity index (χ2n) is 9.04. The van der Waals surface area contributed by atoms with Crippen molar-refractivity contribution in [2.24, 2.45) is 11.8 Å². The van der Waals surface area contributed by atoms with Gasteiger partial charge in [0, 0.05) is 25.2 Å². The van der Waals surface area contributed by atoms with Crippen molar-refractivity contribution in [1.82, 2.24) is 0 Å². The minimum Gasteiger partial charge on any atom is -0.469 e. The lowest BCUT2D eigenvalue weighted by atomic mass is 9.89. The fourth-order valence-corrected chi connectivity index (χ4v) is 5.38. The number of methoxy groups -OCH3 is 1. The second-order valence-corrected chi connectivity index (χ2v) is 10.6. The van der Waals surface area contributed by atoms with E-state index < -0.39 is 28.4 Å². The van der Waals surface area contributed by atoms with Crippen molar-refractivity contribution in [3.8, 4) is 11.8 Å². The first-order valence-corrected chi connectivity index (χ1v) is 13.7. The van der Waals surface area contributed by atoms with E-state index in [1.165, 1.54) is 19.2 Å². The van der Waals surface area contributed by atoms with E-state index in [9.17, 15) is 23.4 Å². The van der Waals surface area contributed by atoms with E-state index in [2.05, 4.69) is 16.6 Å². The molecule has 0 heterocycles. The molecule has 198 valence electrons. The Labute approximate surface area is 215 Å². The maximum atomic E-state index is 12.9. The summed E-state index contributed by atoms with van der Waals surface area (Å²) in [5.74, 6) is 4.76. The van der Waals surface area contributed by atoms with Crippen molar-refractivity contribution in [3.05, 3.63) is 54.1 Å². The lowest BCUT2D eigenvalue weighted by Crippen LogP contribution is -2.25. The third kappa shape index (κ3) is 9.55. The lowest BCUT2D eigenvalue weighted by molar-refractivity contribution is -0.140. The van der Waals surface area contributed by atoms with E-state index in [0.29, 0.717) is 38.5 Å². The van der Waals surface area contributed by atoms with Gasteiger partial charge in [-0.3, -0.25) is 8.98 Å². The molecular formula is C28H38O7S. The number of unbranched alkanes of at least 4 members (excludes halogenated alkanes) is 1. The largest absolute Gasteiger partial charge is 0.469 e. The minimum atomic E-state index is -4.01. The monoisotopic (exact) mass is 518 g/mol. The SMILES string of the molecule is CC#CCC[C@H](O)/C=C/[C@@H]1[C@@H](C/C=C\CCCC(=O)OC)[C@H](OS(=O)(=O)c2ccc(C)cc2)C[C@H]1O. The average Bonchev–Trinajstić information content (AvgIpc) is 3.13. The van der Waals surface area contributed by atoms with Gasteiger partial charge in [0.05, 0.1) is 30.3 Å². The summed E-state index contributed by atoms with van der Waals surface area (Å²) in [7, 11) is -2.66. The van der Waals surface area contributed by atoms with Crippen LogP contribution >= 0.6 is 0 Å². The Hall–Kier alpha value is -2.44. The van der Waals surface area contributed by atoms with Gasteiger partial charge in [0.25, 0.3) is 10.1 Å². The first-order valence-electron chi connectivity index (χ1n) is 12.3. The van der Waals surface area contributed by atoms with Gasteiger partial charge in [-0.15, -0.1) is 11.8 Å². The molecule has 0 unspecified atom stereocenters. The van der Waals surface area contributed by atoms with Gasteiger partial charge in [-0.05, 0) is 57.6 Å². The van der Waals surface area contributed by atoms with Crippen LogP contribution in [0.2, 0.25) is 0 Å². The molecule has 0 aliphatic heterocycles. The minimum absolute atomic E-state index is 0.0751. The Balaban J connectivity index is 2.14. The van der Waals surface area contributed by atoms with E-state index in [4.69, 9.17) is 4.18 Å². The molecule has 0 bridgehead atoms. The molecule has 1 aromatic rings. The van der Waals surface area contributed by atoms with E-state index >= 15 is 0 Å². The quantitative estimate of drug-likeness (QED) is 0.133. The Morgan fingerprint density at radius 2 is 1.97 bits per heavy atom. The number of rotatable bonds is 13. The third-order valence-corrected chi connectivity index (χ3v) is 7.65. The van der Waals surface area contributed by atoms with Gasteiger partial charge in [-0.25, -0.2) is 0 Å². The summed E-state index contributed by atoms with van der Waals surface area (Å²) in [6, 6.07) is 6.45. The van der Waals surface area contributed by atoms with E-state index in [-0.39, 0.29) is 29.1 Å². The molecule has 5 atom stereocenters. The summed E-state index contributed by atoms with van der Waals surface area (Å²) in [5.41, 5.74) is 0.939. The highest BCUT2D eigenvalue weighted by Gasteiger charge is 2.43. The fraction of sp³-hybridized carbons (Fsp3) is 0.536. The van der Waals surface area contributed by atoms with Crippen molar-refractivity contribution in [1.29, 1.82) is 0 Å². The molecule has 0 radical (unpaired) electrons. The molecule has 1 aliphatic carbocycles. The van der Waals surface area contributed by atoms with Crippen LogP contribution < -0.4 is 0 Å². The number of ether oxygens (including phenoxy) is 1. The van der Waals surface area contributed by atoms with Crippen molar-refractivity contribution < 1.29 is 32.3 Å². The molecule has 2 N–H and O–H groups in total. The van der Waals surface area contributed by atoms with Gasteiger partial charge in [0.2, 0.25) is 0 Å². The van der Waals surface area contributed by atoms with E-state index in [1.807, 2.05) is 19.1 Å². The van der Waals surface area contributed by atoms with Gasteiger partial charge in [0.1, 0.15) is 0 Å². The van der Waals surface area contributed by atoms with E-state index in [0.717, 1.165) is 5.56 Å². The van der Waals surface area contributed by atoms with Crippen LogP contribution in [0.1, 0.15) is 57.4 Å². The van der Waals surface area contributed by atoms with Crippen LogP contribution in [-0.2, 0) is 23.8 Å². The highest BCUT2D eigenvalue weighted by molar-refractivity contribution is 7.86. The summed E-state index contributed by atoms with van der Waals surface area (Å²) in [6.45, 7) is 3.62. The zero-order valence-electron chi connectivity index (χ0n) is 21.3. The van der Waals surface area contributed by atoms with Crippen molar-refractivity contribution in [2.75, 3.05) is 7.11 Å². The van der Waals surface area contributed by atoms with Crippen LogP contribution in [0.5, 0.6) is 0 Å². The number of aliphatic hydroxyl groups is 2. The molecule has 0 spiro atoms. The number of esters is 1. The molecule has 36 heavy (non-hydrogen) atoms. The number of aliphatic hydroxyl groups excluding tert-OH is 2. The van der Waals surface area contributed by atoms with Gasteiger partial charge < -0.3 is 14.9 Å². The van der Waals surface area contributed by atoms with Gasteiger partial charge in [0.15, 0.2) is 0 Å². The number of carbonyl (C=O) groups is 1. The van der Waals surface area contributed by atoms with E-state index in [1.54, 1.807) is 31.2 Å². The summed E-state index contributed by atoms with van der Waals surface area (Å²) >= 11 is 0. The summed E-state index contributed by atoms with van der Waals surface area (Å²) in [5, 5.41) is 21.0. The average molecular weight is 519 g/mol. The molecule has 2 rings (SSSR count). The Morgan fingerprint density at radius 3 is 2.64 bits per heavy atom. The molecule has 1 aromatic carbocycles. The number of benzene rings is 1. The smallest absolute Gasteiger partial charge is 0.305 e. The Bertz CT molecular complexity index is 1050. The van der Waals surface area contributed by atoms with Crippen molar-refractivity contribution >= 4 is 16.1 Å². The number of hydrogen-bond donors (Lipinski definition) is 2. The molecule has 8 heteroatoms. The predicted molar refractivity (Wildman–Crippen MR) is 138 cm³/mol. The fourth-order valence-electron chi connectivity index (χ4n) is 4.25. The number of carbonyl (C=O) groups excluding carboxylic acids is 1. The molecule has 1 fully saturated rings. The predicted octanol–water partition coefficient (Wildman–Crippen LogP) is 4.08. The highest BCUT2D eigenvalue weighted by atomic mass is 32.2. The van der Waals surface area contributed by atoms with Crippen molar-refractivity contribution in [3.63, 3.8) is 0 Å². The molecule has 1 saturated carbocycles.